The first-order chi connectivity index (χ1) is 15.4. The maximum Gasteiger partial charge on any atom is 0.325 e. The first kappa shape index (κ1) is 21.2. The first-order valence-corrected chi connectivity index (χ1v) is 10.3. The van der Waals surface area contributed by atoms with Gasteiger partial charge in [0, 0.05) is 12.1 Å². The van der Waals surface area contributed by atoms with Gasteiger partial charge in [0.15, 0.2) is 11.4 Å². The molecule has 0 unspecified atom stereocenters. The van der Waals surface area contributed by atoms with E-state index in [2.05, 4.69) is 4.99 Å². The maximum absolute atomic E-state index is 12.5. The number of fused-ring (bicyclic) bond motifs is 2. The fourth-order valence-electron chi connectivity index (χ4n) is 3.15. The maximum atomic E-state index is 12.5. The molecule has 0 radical (unpaired) electrons. The van der Waals surface area contributed by atoms with Crippen molar-refractivity contribution in [1.82, 2.24) is 4.57 Å². The van der Waals surface area contributed by atoms with Crippen molar-refractivity contribution in [2.75, 3.05) is 13.7 Å². The summed E-state index contributed by atoms with van der Waals surface area (Å²) in [5, 5.41) is 13.1. The molecule has 1 aromatic heterocycles. The van der Waals surface area contributed by atoms with Crippen molar-refractivity contribution in [2.24, 2.45) is 4.99 Å². The molecule has 0 atom stereocenters. The molecule has 0 N–H and O–H groups in total. The lowest BCUT2D eigenvalue weighted by Gasteiger charge is -2.05. The highest BCUT2D eigenvalue weighted by atomic mass is 32.1. The van der Waals surface area contributed by atoms with Crippen molar-refractivity contribution in [3.8, 4) is 5.75 Å². The van der Waals surface area contributed by atoms with E-state index < -0.39 is 16.8 Å². The van der Waals surface area contributed by atoms with E-state index in [1.165, 1.54) is 29.9 Å². The number of carbonyl (C=O) groups excluding carboxylic acids is 2. The van der Waals surface area contributed by atoms with E-state index in [-0.39, 0.29) is 23.6 Å². The molecule has 0 saturated carbocycles. The number of nitro groups is 1. The summed E-state index contributed by atoms with van der Waals surface area (Å²) in [6.07, 6.45) is 0. The van der Waals surface area contributed by atoms with Crippen LogP contribution in [-0.4, -0.2) is 35.1 Å². The van der Waals surface area contributed by atoms with Gasteiger partial charge in [0.1, 0.15) is 12.3 Å². The van der Waals surface area contributed by atoms with Crippen LogP contribution in [0.1, 0.15) is 0 Å². The summed E-state index contributed by atoms with van der Waals surface area (Å²) in [6, 6.07) is 17.5. The topological polar surface area (TPSA) is 113 Å². The van der Waals surface area contributed by atoms with Crippen LogP contribution in [0, 0.1) is 10.1 Å². The number of ether oxygens (including phenoxy) is 2. The zero-order chi connectivity index (χ0) is 22.7. The van der Waals surface area contributed by atoms with Crippen molar-refractivity contribution < 1.29 is 24.0 Å². The van der Waals surface area contributed by atoms with Gasteiger partial charge in [0.05, 0.1) is 22.2 Å². The Kier molecular flexibility index (Phi) is 5.95. The zero-order valence-electron chi connectivity index (χ0n) is 16.9. The van der Waals surface area contributed by atoms with Crippen LogP contribution in [-0.2, 0) is 20.9 Å². The predicted octanol–water partition coefficient (Wildman–Crippen LogP) is 3.44. The monoisotopic (exact) mass is 451 g/mol. The third-order valence-electron chi connectivity index (χ3n) is 4.70. The van der Waals surface area contributed by atoms with Crippen LogP contribution in [0.15, 0.2) is 65.7 Å². The van der Waals surface area contributed by atoms with Crippen LogP contribution in [0.2, 0.25) is 0 Å². The second kappa shape index (κ2) is 8.98. The molecular formula is C22H17N3O6S. The summed E-state index contributed by atoms with van der Waals surface area (Å²) < 4.78 is 12.3. The van der Waals surface area contributed by atoms with E-state index in [9.17, 15) is 19.7 Å². The van der Waals surface area contributed by atoms with Crippen molar-refractivity contribution in [3.05, 3.63) is 75.6 Å². The number of rotatable bonds is 6. The number of nitro benzene ring substituents is 1. The van der Waals surface area contributed by atoms with Gasteiger partial charge in [-0.05, 0) is 29.0 Å². The van der Waals surface area contributed by atoms with E-state index in [0.717, 1.165) is 22.1 Å². The van der Waals surface area contributed by atoms with Gasteiger partial charge in [-0.2, -0.15) is 4.99 Å². The third kappa shape index (κ3) is 4.49. The SMILES string of the molecule is COC(=O)Cn1c(=NC(=O)COc2ccc3ccccc3c2)sc2cc([N+](=O)[O-])ccc21. The molecule has 0 saturated heterocycles. The number of hydrogen-bond acceptors (Lipinski definition) is 7. The van der Waals surface area contributed by atoms with Gasteiger partial charge in [-0.3, -0.25) is 19.7 Å². The Morgan fingerprint density at radius 2 is 1.88 bits per heavy atom. The van der Waals surface area contributed by atoms with Crippen LogP contribution in [0.3, 0.4) is 0 Å². The number of nitrogens with zero attached hydrogens (tertiary/aromatic N) is 3. The molecule has 10 heteroatoms. The molecular weight excluding hydrogens is 434 g/mol. The van der Waals surface area contributed by atoms with Crippen molar-refractivity contribution in [2.45, 2.75) is 6.54 Å². The fourth-order valence-corrected chi connectivity index (χ4v) is 4.23. The minimum atomic E-state index is -0.558. The van der Waals surface area contributed by atoms with Crippen molar-refractivity contribution in [1.29, 1.82) is 0 Å². The average Bonchev–Trinajstić information content (AvgIpc) is 3.13. The van der Waals surface area contributed by atoms with Gasteiger partial charge in [-0.25, -0.2) is 0 Å². The Bertz CT molecular complexity index is 1420. The van der Waals surface area contributed by atoms with Crippen LogP contribution in [0.25, 0.3) is 21.0 Å². The molecule has 0 bridgehead atoms. The van der Waals surface area contributed by atoms with E-state index in [0.29, 0.717) is 16.0 Å². The van der Waals surface area contributed by atoms with Gasteiger partial charge in [-0.1, -0.05) is 41.7 Å². The lowest BCUT2D eigenvalue weighted by atomic mass is 10.1. The second-order valence-electron chi connectivity index (χ2n) is 6.76. The highest BCUT2D eigenvalue weighted by molar-refractivity contribution is 7.16. The van der Waals surface area contributed by atoms with Gasteiger partial charge in [-0.15, -0.1) is 0 Å². The smallest absolute Gasteiger partial charge is 0.325 e. The second-order valence-corrected chi connectivity index (χ2v) is 7.77. The lowest BCUT2D eigenvalue weighted by molar-refractivity contribution is -0.384. The summed E-state index contributed by atoms with van der Waals surface area (Å²) in [7, 11) is 1.25. The molecule has 1 amide bonds. The van der Waals surface area contributed by atoms with Crippen molar-refractivity contribution in [3.63, 3.8) is 0 Å². The van der Waals surface area contributed by atoms with Crippen LogP contribution >= 0.6 is 11.3 Å². The minimum absolute atomic E-state index is 0.0958. The molecule has 32 heavy (non-hydrogen) atoms. The Morgan fingerprint density at radius 3 is 2.62 bits per heavy atom. The number of hydrogen-bond donors (Lipinski definition) is 0. The molecule has 0 aliphatic rings. The van der Waals surface area contributed by atoms with E-state index in [1.807, 2.05) is 36.4 Å². The molecule has 4 rings (SSSR count). The lowest BCUT2D eigenvalue weighted by Crippen LogP contribution is -2.23. The highest BCUT2D eigenvalue weighted by Crippen LogP contribution is 2.23. The summed E-state index contributed by atoms with van der Waals surface area (Å²) in [4.78, 5) is 39.2. The predicted molar refractivity (Wildman–Crippen MR) is 118 cm³/mol. The average molecular weight is 451 g/mol. The molecule has 3 aromatic carbocycles. The largest absolute Gasteiger partial charge is 0.484 e. The molecule has 0 aliphatic heterocycles. The number of benzene rings is 3. The van der Waals surface area contributed by atoms with Gasteiger partial charge in [0.25, 0.3) is 11.6 Å². The minimum Gasteiger partial charge on any atom is -0.484 e. The third-order valence-corrected chi connectivity index (χ3v) is 5.74. The van der Waals surface area contributed by atoms with Gasteiger partial charge >= 0.3 is 5.97 Å². The number of amides is 1. The molecule has 1 heterocycles. The Labute approximate surface area is 185 Å². The fraction of sp³-hybridized carbons (Fsp3) is 0.136. The number of esters is 1. The summed E-state index contributed by atoms with van der Waals surface area (Å²) in [5.74, 6) is -0.566. The molecule has 4 aromatic rings. The molecule has 9 nitrogen and oxygen atoms in total. The zero-order valence-corrected chi connectivity index (χ0v) is 17.7. The van der Waals surface area contributed by atoms with Crippen LogP contribution < -0.4 is 9.54 Å². The number of carbonyl (C=O) groups is 2. The van der Waals surface area contributed by atoms with Gasteiger partial charge in [0.2, 0.25) is 0 Å². The van der Waals surface area contributed by atoms with E-state index in [1.54, 1.807) is 6.07 Å². The summed E-state index contributed by atoms with van der Waals surface area (Å²) >= 11 is 1.07. The number of methoxy groups -OCH3 is 1. The first-order valence-electron chi connectivity index (χ1n) is 9.48. The Morgan fingerprint density at radius 1 is 1.09 bits per heavy atom. The van der Waals surface area contributed by atoms with Crippen molar-refractivity contribution >= 4 is 49.9 Å². The number of aromatic nitrogens is 1. The summed E-state index contributed by atoms with van der Waals surface area (Å²) in [5.41, 5.74) is 0.439. The molecule has 0 spiro atoms. The van der Waals surface area contributed by atoms with Crippen LogP contribution in [0.5, 0.6) is 5.75 Å². The van der Waals surface area contributed by atoms with Crippen LogP contribution in [0.4, 0.5) is 5.69 Å². The summed E-state index contributed by atoms with van der Waals surface area (Å²) in [6.45, 7) is -0.489. The quantitative estimate of drug-likeness (QED) is 0.252. The normalized spacial score (nSPS) is 11.6. The molecule has 162 valence electrons. The molecule has 0 aliphatic carbocycles. The number of thiazole rings is 1. The Hall–Kier alpha value is -4.05. The molecule has 0 fully saturated rings. The highest BCUT2D eigenvalue weighted by Gasteiger charge is 2.15. The Balaban J connectivity index is 1.62. The van der Waals surface area contributed by atoms with Gasteiger partial charge < -0.3 is 14.0 Å². The number of non-ortho nitro benzene ring substituents is 1. The van der Waals surface area contributed by atoms with E-state index >= 15 is 0 Å². The standard InChI is InChI=1S/C22H17N3O6S/c1-30-21(27)12-24-18-9-7-16(25(28)29)11-19(18)32-22(24)23-20(26)13-31-17-8-6-14-4-2-3-5-15(14)10-17/h2-11H,12-13H2,1H3. The van der Waals surface area contributed by atoms with E-state index in [4.69, 9.17) is 9.47 Å².